The van der Waals surface area contributed by atoms with Gasteiger partial charge in [-0.2, -0.15) is 0 Å². The van der Waals surface area contributed by atoms with Gasteiger partial charge in [-0.15, -0.1) is 22.7 Å². The van der Waals surface area contributed by atoms with Crippen molar-refractivity contribution in [2.24, 2.45) is 0 Å². The van der Waals surface area contributed by atoms with E-state index in [-0.39, 0.29) is 5.41 Å². The van der Waals surface area contributed by atoms with Crippen LogP contribution in [0.5, 0.6) is 0 Å². The Bertz CT molecular complexity index is 6990. The normalized spacial score (nSPS) is 12.5. The van der Waals surface area contributed by atoms with Gasteiger partial charge in [-0.3, -0.25) is 0 Å². The van der Waals surface area contributed by atoms with Gasteiger partial charge in [-0.05, 0) is 193 Å². The van der Waals surface area contributed by atoms with E-state index >= 15 is 0 Å². The van der Waals surface area contributed by atoms with Crippen molar-refractivity contribution < 1.29 is 0 Å². The smallest absolute Gasteiger partial charge is 0.0640 e. The lowest BCUT2D eigenvalue weighted by Gasteiger charge is -2.29. The minimum atomic E-state index is -0.0933. The summed E-state index contributed by atoms with van der Waals surface area (Å²) in [5, 5.41) is 15.3. The van der Waals surface area contributed by atoms with E-state index in [1.165, 1.54) is 167 Å². The first-order chi connectivity index (χ1) is 52.8. The molecule has 107 heavy (non-hydrogen) atoms. The number of benzene rings is 17. The monoisotopic (exact) mass is 1400 g/mol. The van der Waals surface area contributed by atoms with Crippen molar-refractivity contribution in [3.63, 3.8) is 0 Å². The van der Waals surface area contributed by atoms with Crippen LogP contribution in [0.2, 0.25) is 0 Å². The molecule has 0 atom stereocenters. The van der Waals surface area contributed by atoms with Crippen LogP contribution in [0, 0.1) is 0 Å². The van der Waals surface area contributed by atoms with Crippen LogP contribution in [0.1, 0.15) is 25.0 Å². The number of thiophene rings is 2. The first-order valence-electron chi connectivity index (χ1n) is 36.8. The molecule has 0 unspecified atom stereocenters. The zero-order valence-electron chi connectivity index (χ0n) is 58.9. The number of hydrogen-bond acceptors (Lipinski definition) is 4. The van der Waals surface area contributed by atoms with Crippen LogP contribution in [0.3, 0.4) is 0 Å². The SMILES string of the molecule is CC1(C)c2ccccc2-c2ccc(N(c3ccc(-c4ccc(-n5c6ccccc6c6ccccc65)cc4)cc3)c3cccc4sc5ccccc5c34)cc21.c1ccc2c(c1)ccc1cc(N(c3ccc(-c4ccc(-n5c6ccccc6c6ccccc65)cc4)cc3)c3cccc4c3sc3ccccc34)ccc12. The van der Waals surface area contributed by atoms with Crippen LogP contribution < -0.4 is 9.80 Å². The van der Waals surface area contributed by atoms with Gasteiger partial charge >= 0.3 is 0 Å². The van der Waals surface area contributed by atoms with Gasteiger partial charge in [-0.1, -0.05) is 263 Å². The molecule has 0 aliphatic heterocycles. The first kappa shape index (κ1) is 62.5. The maximum atomic E-state index is 2.47. The van der Waals surface area contributed by atoms with Crippen LogP contribution in [0.4, 0.5) is 34.1 Å². The van der Waals surface area contributed by atoms with Crippen molar-refractivity contribution in [3.8, 4) is 44.8 Å². The van der Waals surface area contributed by atoms with E-state index in [1.807, 2.05) is 22.7 Å². The molecule has 22 rings (SSSR count). The summed E-state index contributed by atoms with van der Waals surface area (Å²) in [5.41, 5.74) is 24.3. The molecular formula is C101H68N4S2. The summed E-state index contributed by atoms with van der Waals surface area (Å²) in [5.74, 6) is 0. The Labute approximate surface area is 628 Å². The third-order valence-electron chi connectivity index (χ3n) is 22.4. The summed E-state index contributed by atoms with van der Waals surface area (Å²) in [7, 11) is 0. The van der Waals surface area contributed by atoms with E-state index in [1.54, 1.807) is 0 Å². The molecule has 0 amide bonds. The number of aromatic nitrogens is 2. The van der Waals surface area contributed by atoms with Gasteiger partial charge in [0.05, 0.1) is 38.1 Å². The van der Waals surface area contributed by atoms with Crippen LogP contribution in [0.25, 0.3) is 150 Å². The van der Waals surface area contributed by atoms with Gasteiger partial charge in [0.2, 0.25) is 0 Å². The molecular weight excluding hydrogens is 1330 g/mol. The highest BCUT2D eigenvalue weighted by molar-refractivity contribution is 7.26. The zero-order valence-corrected chi connectivity index (χ0v) is 60.5. The fourth-order valence-corrected chi connectivity index (χ4v) is 19.6. The summed E-state index contributed by atoms with van der Waals surface area (Å²) < 4.78 is 9.95. The molecule has 4 heterocycles. The van der Waals surface area contributed by atoms with E-state index in [0.29, 0.717) is 0 Å². The summed E-state index contributed by atoms with van der Waals surface area (Å²) in [6.45, 7) is 4.72. The van der Waals surface area contributed by atoms with Gasteiger partial charge in [0.1, 0.15) is 0 Å². The highest BCUT2D eigenvalue weighted by atomic mass is 32.1. The minimum absolute atomic E-state index is 0.0933. The van der Waals surface area contributed by atoms with E-state index in [0.717, 1.165) is 28.4 Å². The molecule has 0 spiro atoms. The quantitative estimate of drug-likeness (QED) is 0.127. The summed E-state index contributed by atoms with van der Waals surface area (Å²) in [4.78, 5) is 4.90. The predicted octanol–water partition coefficient (Wildman–Crippen LogP) is 29.2. The number of para-hydroxylation sites is 4. The Kier molecular flexibility index (Phi) is 14.6. The minimum Gasteiger partial charge on any atom is -0.310 e. The average Bonchev–Trinajstić information content (AvgIpc) is 1.59. The molecule has 6 heteroatoms. The second kappa shape index (κ2) is 25.1. The van der Waals surface area contributed by atoms with Crippen molar-refractivity contribution in [2.75, 3.05) is 9.80 Å². The molecule has 504 valence electrons. The molecule has 0 bridgehead atoms. The van der Waals surface area contributed by atoms with Gasteiger partial charge in [-0.25, -0.2) is 0 Å². The van der Waals surface area contributed by atoms with Crippen molar-refractivity contribution in [1.29, 1.82) is 0 Å². The van der Waals surface area contributed by atoms with E-state index in [9.17, 15) is 0 Å². The van der Waals surface area contributed by atoms with Gasteiger partial charge in [0.15, 0.2) is 0 Å². The molecule has 0 radical (unpaired) electrons. The topological polar surface area (TPSA) is 16.3 Å². The summed E-state index contributed by atoms with van der Waals surface area (Å²) >= 11 is 3.74. The number of anilines is 6. The van der Waals surface area contributed by atoms with E-state index in [2.05, 4.69) is 409 Å². The fraction of sp³-hybridized carbons (Fsp3) is 0.0297. The molecule has 17 aromatic carbocycles. The third-order valence-corrected chi connectivity index (χ3v) is 24.7. The predicted molar refractivity (Wildman–Crippen MR) is 460 cm³/mol. The highest BCUT2D eigenvalue weighted by Crippen LogP contribution is 2.53. The van der Waals surface area contributed by atoms with Crippen LogP contribution >= 0.6 is 22.7 Å². The lowest BCUT2D eigenvalue weighted by atomic mass is 9.82. The molecule has 0 saturated carbocycles. The molecule has 0 N–H and O–H groups in total. The van der Waals surface area contributed by atoms with Crippen LogP contribution in [-0.2, 0) is 5.41 Å². The van der Waals surface area contributed by atoms with Gasteiger partial charge in [0, 0.05) is 96.7 Å². The summed E-state index contributed by atoms with van der Waals surface area (Å²) in [6.07, 6.45) is 0. The summed E-state index contributed by atoms with van der Waals surface area (Å²) in [6, 6.07) is 138. The lowest BCUT2D eigenvalue weighted by Crippen LogP contribution is -2.16. The Morgan fingerprint density at radius 2 is 0.654 bits per heavy atom. The highest BCUT2D eigenvalue weighted by Gasteiger charge is 2.36. The van der Waals surface area contributed by atoms with Crippen molar-refractivity contribution in [2.45, 2.75) is 19.3 Å². The Hall–Kier alpha value is -13.1. The molecule has 21 aromatic rings. The molecule has 4 aromatic heterocycles. The van der Waals surface area contributed by atoms with Crippen molar-refractivity contribution in [1.82, 2.24) is 9.13 Å². The zero-order chi connectivity index (χ0) is 70.8. The maximum Gasteiger partial charge on any atom is 0.0640 e. The third kappa shape index (κ3) is 10.2. The number of hydrogen-bond donors (Lipinski definition) is 0. The number of fused-ring (bicyclic) bond motifs is 18. The lowest BCUT2D eigenvalue weighted by molar-refractivity contribution is 0.660. The van der Waals surface area contributed by atoms with E-state index in [4.69, 9.17) is 0 Å². The number of rotatable bonds is 10. The van der Waals surface area contributed by atoms with Crippen LogP contribution in [-0.4, -0.2) is 9.13 Å². The van der Waals surface area contributed by atoms with E-state index < -0.39 is 0 Å². The molecule has 4 nitrogen and oxygen atoms in total. The molecule has 0 fully saturated rings. The fourth-order valence-electron chi connectivity index (χ4n) is 17.3. The van der Waals surface area contributed by atoms with Gasteiger partial charge in [0.25, 0.3) is 0 Å². The van der Waals surface area contributed by atoms with Crippen molar-refractivity contribution in [3.05, 3.63) is 387 Å². The molecule has 0 saturated heterocycles. The number of nitrogens with zero attached hydrogens (tertiary/aromatic N) is 4. The second-order valence-electron chi connectivity index (χ2n) is 28.7. The van der Waals surface area contributed by atoms with Crippen molar-refractivity contribution >= 4 is 162 Å². The second-order valence-corrected chi connectivity index (χ2v) is 30.8. The maximum absolute atomic E-state index is 2.47. The molecule has 1 aliphatic rings. The average molecular weight is 1400 g/mol. The largest absolute Gasteiger partial charge is 0.310 e. The Morgan fingerprint density at radius 3 is 1.25 bits per heavy atom. The Balaban J connectivity index is 0.000000137. The van der Waals surface area contributed by atoms with Crippen LogP contribution in [0.15, 0.2) is 376 Å². The molecule has 1 aliphatic carbocycles. The Morgan fingerprint density at radius 1 is 0.252 bits per heavy atom. The first-order valence-corrected chi connectivity index (χ1v) is 38.4. The standard InChI is InChI=1S/C51H36N2S.C50H32N2S/c1-51(2)43-16-7-3-12-38(43)39-31-30-37(32-44(39)51)52(47-19-11-21-49-50(47)42-15-6-10-20-48(42)54-49)35-26-22-33(23-27-35)34-24-28-36(29-25-34)53-45-17-8-4-13-40(45)41-14-5-9-18-46(41)53;1-2-11-40-35(10-1)20-21-36-32-39(30-31-41(36)40)51(48-18-9-15-45-44-14-5-8-19-49(44)53-50(45)48)37-26-22-33(23-27-37)34-24-28-38(29-25-34)52-46-16-6-3-12-42(46)43-13-4-7-17-47(43)52/h3-32H,1-2H3;1-32H. The van der Waals surface area contributed by atoms with Gasteiger partial charge < -0.3 is 18.9 Å².